The van der Waals surface area contributed by atoms with E-state index in [-0.39, 0.29) is 6.10 Å². The van der Waals surface area contributed by atoms with Gasteiger partial charge in [-0.2, -0.15) is 0 Å². The van der Waals surface area contributed by atoms with Crippen LogP contribution >= 0.6 is 23.2 Å². The number of nitrogens with zero attached hydrogens (tertiary/aromatic N) is 3. The first-order valence-electron chi connectivity index (χ1n) is 6.68. The van der Waals surface area contributed by atoms with Crippen molar-refractivity contribution in [2.45, 2.75) is 31.9 Å². The van der Waals surface area contributed by atoms with Crippen molar-refractivity contribution in [3.05, 3.63) is 34.8 Å². The number of hydrogen-bond acceptors (Lipinski definition) is 3. The summed E-state index contributed by atoms with van der Waals surface area (Å²) in [6.45, 7) is 1.61. The lowest BCUT2D eigenvalue weighted by Gasteiger charge is -2.23. The van der Waals surface area contributed by atoms with Gasteiger partial charge in [-0.1, -0.05) is 23.2 Å². The van der Waals surface area contributed by atoms with E-state index in [0.717, 1.165) is 37.4 Å². The largest absolute Gasteiger partial charge is 0.376 e. The zero-order valence-electron chi connectivity index (χ0n) is 10.9. The van der Waals surface area contributed by atoms with E-state index in [1.165, 1.54) is 6.42 Å². The van der Waals surface area contributed by atoms with E-state index in [4.69, 9.17) is 27.9 Å². The Morgan fingerprint density at radius 2 is 2.05 bits per heavy atom. The van der Waals surface area contributed by atoms with Crippen LogP contribution in [0.1, 0.15) is 19.3 Å². The van der Waals surface area contributed by atoms with Crippen LogP contribution in [0.5, 0.6) is 0 Å². The first-order valence-corrected chi connectivity index (χ1v) is 7.43. The van der Waals surface area contributed by atoms with Gasteiger partial charge in [-0.25, -0.2) is 4.98 Å². The lowest BCUT2D eigenvalue weighted by Crippen LogP contribution is -2.24. The monoisotopic (exact) mass is 311 g/mol. The van der Waals surface area contributed by atoms with Crippen molar-refractivity contribution < 1.29 is 4.74 Å². The number of pyridine rings is 1. The summed E-state index contributed by atoms with van der Waals surface area (Å²) in [5.41, 5.74) is 0.726. The number of imidazole rings is 1. The van der Waals surface area contributed by atoms with Crippen molar-refractivity contribution in [2.24, 2.45) is 0 Å². The van der Waals surface area contributed by atoms with Crippen LogP contribution in [0.25, 0.3) is 11.4 Å². The predicted octanol–water partition coefficient (Wildman–Crippen LogP) is 3.82. The van der Waals surface area contributed by atoms with Gasteiger partial charge in [-0.05, 0) is 19.3 Å². The SMILES string of the molecule is Clc1cncc(Cl)c1-c1nccn1C[C@@H]1CCCCO1. The molecule has 1 fully saturated rings. The highest BCUT2D eigenvalue weighted by Gasteiger charge is 2.19. The number of ether oxygens (including phenoxy) is 1. The van der Waals surface area contributed by atoms with Crippen molar-refractivity contribution in [3.63, 3.8) is 0 Å². The Kier molecular flexibility index (Phi) is 4.24. The summed E-state index contributed by atoms with van der Waals surface area (Å²) in [5.74, 6) is 0.761. The maximum Gasteiger partial charge on any atom is 0.143 e. The molecule has 0 aromatic carbocycles. The molecule has 0 aliphatic carbocycles. The Morgan fingerprint density at radius 1 is 1.25 bits per heavy atom. The maximum atomic E-state index is 6.20. The maximum absolute atomic E-state index is 6.20. The molecule has 106 valence electrons. The fourth-order valence-electron chi connectivity index (χ4n) is 2.48. The van der Waals surface area contributed by atoms with Crippen molar-refractivity contribution in [2.75, 3.05) is 6.61 Å². The number of hydrogen-bond donors (Lipinski definition) is 0. The van der Waals surface area contributed by atoms with Gasteiger partial charge in [0.1, 0.15) is 5.82 Å². The predicted molar refractivity (Wildman–Crippen MR) is 79.1 cm³/mol. The van der Waals surface area contributed by atoms with E-state index >= 15 is 0 Å². The van der Waals surface area contributed by atoms with Crippen LogP contribution in [-0.2, 0) is 11.3 Å². The van der Waals surface area contributed by atoms with Gasteiger partial charge < -0.3 is 9.30 Å². The fraction of sp³-hybridized carbons (Fsp3) is 0.429. The molecule has 0 spiro atoms. The highest BCUT2D eigenvalue weighted by molar-refractivity contribution is 6.38. The van der Waals surface area contributed by atoms with E-state index in [1.54, 1.807) is 18.6 Å². The Hall–Kier alpha value is -1.10. The minimum atomic E-state index is 0.232. The van der Waals surface area contributed by atoms with Crippen LogP contribution in [0.15, 0.2) is 24.8 Å². The van der Waals surface area contributed by atoms with E-state index < -0.39 is 0 Å². The minimum Gasteiger partial charge on any atom is -0.376 e. The molecule has 2 aromatic heterocycles. The van der Waals surface area contributed by atoms with Gasteiger partial charge in [-0.3, -0.25) is 4.98 Å². The zero-order valence-corrected chi connectivity index (χ0v) is 12.4. The topological polar surface area (TPSA) is 39.9 Å². The molecule has 1 aliphatic heterocycles. The highest BCUT2D eigenvalue weighted by Crippen LogP contribution is 2.33. The van der Waals surface area contributed by atoms with E-state index in [0.29, 0.717) is 10.0 Å². The summed E-state index contributed by atoms with van der Waals surface area (Å²) in [4.78, 5) is 8.36. The number of halogens is 2. The Balaban J connectivity index is 1.89. The molecule has 3 rings (SSSR count). The molecule has 20 heavy (non-hydrogen) atoms. The molecule has 1 aliphatic rings. The molecule has 1 saturated heterocycles. The third-order valence-corrected chi connectivity index (χ3v) is 4.04. The van der Waals surface area contributed by atoms with Crippen LogP contribution in [0.3, 0.4) is 0 Å². The van der Waals surface area contributed by atoms with Crippen molar-refractivity contribution in [1.29, 1.82) is 0 Å². The lowest BCUT2D eigenvalue weighted by molar-refractivity contribution is 0.00624. The molecule has 0 unspecified atom stereocenters. The lowest BCUT2D eigenvalue weighted by atomic mass is 10.1. The Bertz CT molecular complexity index is 574. The molecule has 0 N–H and O–H groups in total. The number of rotatable bonds is 3. The number of aromatic nitrogens is 3. The second-order valence-corrected chi connectivity index (χ2v) is 5.68. The first kappa shape index (κ1) is 13.9. The quantitative estimate of drug-likeness (QED) is 0.865. The van der Waals surface area contributed by atoms with Crippen LogP contribution < -0.4 is 0 Å². The average Bonchev–Trinajstić information content (AvgIpc) is 2.88. The van der Waals surface area contributed by atoms with E-state index in [1.807, 2.05) is 10.8 Å². The van der Waals surface area contributed by atoms with Crippen LogP contribution in [-0.4, -0.2) is 27.2 Å². The normalized spacial score (nSPS) is 19.2. The first-order chi connectivity index (χ1) is 9.75. The van der Waals surface area contributed by atoms with Crippen LogP contribution in [0, 0.1) is 0 Å². The zero-order chi connectivity index (χ0) is 13.9. The second-order valence-electron chi connectivity index (χ2n) is 4.87. The van der Waals surface area contributed by atoms with Gasteiger partial charge in [-0.15, -0.1) is 0 Å². The average molecular weight is 312 g/mol. The molecule has 0 bridgehead atoms. The molecule has 0 saturated carbocycles. The molecule has 1 atom stereocenters. The highest BCUT2D eigenvalue weighted by atomic mass is 35.5. The Morgan fingerprint density at radius 3 is 2.75 bits per heavy atom. The fourth-order valence-corrected chi connectivity index (χ4v) is 3.01. The van der Waals surface area contributed by atoms with E-state index in [9.17, 15) is 0 Å². The molecular formula is C14H15Cl2N3O. The molecule has 0 radical (unpaired) electrons. The summed E-state index contributed by atoms with van der Waals surface area (Å²) in [5, 5.41) is 1.02. The standard InChI is InChI=1S/C14H15Cl2N3O/c15-11-7-17-8-12(16)13(11)14-18-4-5-19(14)9-10-3-1-2-6-20-10/h4-5,7-8,10H,1-3,6,9H2/t10-/m0/s1. The van der Waals surface area contributed by atoms with Gasteiger partial charge in [0.25, 0.3) is 0 Å². The third kappa shape index (κ3) is 2.82. The van der Waals surface area contributed by atoms with Crippen LogP contribution in [0.2, 0.25) is 10.0 Å². The summed E-state index contributed by atoms with van der Waals surface area (Å²) < 4.78 is 7.82. The molecule has 4 nitrogen and oxygen atoms in total. The van der Waals surface area contributed by atoms with Crippen molar-refractivity contribution in [1.82, 2.24) is 14.5 Å². The van der Waals surface area contributed by atoms with Gasteiger partial charge in [0.15, 0.2) is 0 Å². The molecular weight excluding hydrogens is 297 g/mol. The minimum absolute atomic E-state index is 0.232. The summed E-state index contributed by atoms with van der Waals surface area (Å²) >= 11 is 12.4. The van der Waals surface area contributed by atoms with Gasteiger partial charge in [0.05, 0.1) is 28.3 Å². The van der Waals surface area contributed by atoms with Gasteiger partial charge >= 0.3 is 0 Å². The van der Waals surface area contributed by atoms with E-state index in [2.05, 4.69) is 9.97 Å². The summed E-state index contributed by atoms with van der Waals surface area (Å²) in [6.07, 6.45) is 10.5. The van der Waals surface area contributed by atoms with Gasteiger partial charge in [0.2, 0.25) is 0 Å². The van der Waals surface area contributed by atoms with Crippen LogP contribution in [0.4, 0.5) is 0 Å². The van der Waals surface area contributed by atoms with Gasteiger partial charge in [0, 0.05) is 31.4 Å². The third-order valence-electron chi connectivity index (χ3n) is 3.47. The van der Waals surface area contributed by atoms with Crippen molar-refractivity contribution >= 4 is 23.2 Å². The summed E-state index contributed by atoms with van der Waals surface area (Å²) in [7, 11) is 0. The smallest absolute Gasteiger partial charge is 0.143 e. The molecule has 3 heterocycles. The second kappa shape index (κ2) is 6.12. The van der Waals surface area contributed by atoms with Crippen molar-refractivity contribution in [3.8, 4) is 11.4 Å². The Labute approximate surface area is 127 Å². The summed E-state index contributed by atoms with van der Waals surface area (Å²) in [6, 6.07) is 0. The molecule has 6 heteroatoms. The molecule has 2 aromatic rings. The molecule has 0 amide bonds.